The van der Waals surface area contributed by atoms with E-state index in [1.54, 1.807) is 19.2 Å². The topological polar surface area (TPSA) is 44.8 Å². The van der Waals surface area contributed by atoms with Gasteiger partial charge in [-0.1, -0.05) is 18.2 Å². The van der Waals surface area contributed by atoms with Gasteiger partial charge in [-0.15, -0.1) is 0 Å². The molecule has 3 atom stereocenters. The highest BCUT2D eigenvalue weighted by Crippen LogP contribution is 2.24. The minimum Gasteiger partial charge on any atom is -0.456 e. The van der Waals surface area contributed by atoms with Crippen molar-refractivity contribution >= 4 is 5.97 Å². The van der Waals surface area contributed by atoms with E-state index in [4.69, 9.17) is 14.2 Å². The van der Waals surface area contributed by atoms with Crippen molar-refractivity contribution in [1.82, 2.24) is 0 Å². The van der Waals surface area contributed by atoms with Crippen molar-refractivity contribution in [2.45, 2.75) is 38.3 Å². The van der Waals surface area contributed by atoms with E-state index in [0.29, 0.717) is 5.56 Å². The molecule has 98 valence electrons. The van der Waals surface area contributed by atoms with Crippen LogP contribution in [0.3, 0.4) is 0 Å². The van der Waals surface area contributed by atoms with Crippen LogP contribution in [0, 0.1) is 0 Å². The molecule has 0 aliphatic carbocycles. The largest absolute Gasteiger partial charge is 0.456 e. The third-order valence-electron chi connectivity index (χ3n) is 3.10. The van der Waals surface area contributed by atoms with E-state index in [-0.39, 0.29) is 24.5 Å². The lowest BCUT2D eigenvalue weighted by molar-refractivity contribution is -0.137. The highest BCUT2D eigenvalue weighted by atomic mass is 16.7. The number of carbonyl (C=O) groups excluding carboxylic acids is 1. The lowest BCUT2D eigenvalue weighted by atomic mass is 10.1. The molecule has 0 aromatic heterocycles. The first-order valence-corrected chi connectivity index (χ1v) is 6.15. The van der Waals surface area contributed by atoms with E-state index in [2.05, 4.69) is 0 Å². The van der Waals surface area contributed by atoms with Gasteiger partial charge in [-0.3, -0.25) is 0 Å². The maximum Gasteiger partial charge on any atom is 0.338 e. The minimum atomic E-state index is -0.312. The van der Waals surface area contributed by atoms with Crippen molar-refractivity contribution in [2.75, 3.05) is 7.11 Å². The van der Waals surface area contributed by atoms with E-state index >= 15 is 0 Å². The second kappa shape index (κ2) is 5.98. The smallest absolute Gasteiger partial charge is 0.338 e. The molecule has 0 spiro atoms. The average molecular weight is 250 g/mol. The monoisotopic (exact) mass is 250 g/mol. The van der Waals surface area contributed by atoms with Crippen molar-refractivity contribution in [3.8, 4) is 0 Å². The predicted molar refractivity (Wildman–Crippen MR) is 66.2 cm³/mol. The van der Waals surface area contributed by atoms with Crippen LogP contribution in [0.25, 0.3) is 0 Å². The molecule has 1 fully saturated rings. The molecule has 18 heavy (non-hydrogen) atoms. The van der Waals surface area contributed by atoms with E-state index in [9.17, 15) is 4.79 Å². The van der Waals surface area contributed by atoms with Crippen LogP contribution in [0.15, 0.2) is 30.3 Å². The van der Waals surface area contributed by atoms with E-state index < -0.39 is 0 Å². The Labute approximate surface area is 107 Å². The van der Waals surface area contributed by atoms with Gasteiger partial charge in [-0.2, -0.15) is 0 Å². The third kappa shape index (κ3) is 3.09. The number of methoxy groups -OCH3 is 1. The summed E-state index contributed by atoms with van der Waals surface area (Å²) in [7, 11) is 1.62. The molecule has 0 saturated carbocycles. The molecule has 1 aliphatic rings. The van der Waals surface area contributed by atoms with Gasteiger partial charge < -0.3 is 14.2 Å². The Bertz CT molecular complexity index is 390. The molecule has 2 unspecified atom stereocenters. The lowest BCUT2D eigenvalue weighted by Crippen LogP contribution is -2.29. The zero-order valence-corrected chi connectivity index (χ0v) is 10.7. The number of rotatable bonds is 4. The summed E-state index contributed by atoms with van der Waals surface area (Å²) in [5, 5.41) is 0. The van der Waals surface area contributed by atoms with Crippen molar-refractivity contribution < 1.29 is 19.0 Å². The summed E-state index contributed by atoms with van der Waals surface area (Å²) in [5.74, 6) is -0.312. The maximum absolute atomic E-state index is 11.9. The van der Waals surface area contributed by atoms with Crippen LogP contribution in [0.4, 0.5) is 0 Å². The molecule has 0 N–H and O–H groups in total. The van der Waals surface area contributed by atoms with E-state index in [1.165, 1.54) is 0 Å². The SMILES string of the molecule is COC1CC[C@@H](C(C)OC(=O)c2ccccc2)O1. The molecule has 0 radical (unpaired) electrons. The van der Waals surface area contributed by atoms with Gasteiger partial charge in [0.2, 0.25) is 0 Å². The Morgan fingerprint density at radius 2 is 2.06 bits per heavy atom. The molecule has 4 heteroatoms. The third-order valence-corrected chi connectivity index (χ3v) is 3.10. The highest BCUT2D eigenvalue weighted by molar-refractivity contribution is 5.89. The molecule has 0 amide bonds. The van der Waals surface area contributed by atoms with Gasteiger partial charge >= 0.3 is 5.97 Å². The van der Waals surface area contributed by atoms with Crippen molar-refractivity contribution in [1.29, 1.82) is 0 Å². The van der Waals surface area contributed by atoms with Gasteiger partial charge in [0, 0.05) is 13.5 Å². The van der Waals surface area contributed by atoms with Gasteiger partial charge in [0.1, 0.15) is 6.10 Å². The van der Waals surface area contributed by atoms with Crippen molar-refractivity contribution in [3.63, 3.8) is 0 Å². The summed E-state index contributed by atoms with van der Waals surface area (Å²) >= 11 is 0. The average Bonchev–Trinajstić information content (AvgIpc) is 2.88. The first-order chi connectivity index (χ1) is 8.70. The Morgan fingerprint density at radius 3 is 2.67 bits per heavy atom. The van der Waals surface area contributed by atoms with E-state index in [1.807, 2.05) is 25.1 Å². The van der Waals surface area contributed by atoms with Gasteiger partial charge in [-0.25, -0.2) is 4.79 Å². The zero-order chi connectivity index (χ0) is 13.0. The van der Waals surface area contributed by atoms with Crippen molar-refractivity contribution in [2.24, 2.45) is 0 Å². The highest BCUT2D eigenvalue weighted by Gasteiger charge is 2.31. The maximum atomic E-state index is 11.9. The number of carbonyl (C=O) groups is 1. The zero-order valence-electron chi connectivity index (χ0n) is 10.7. The summed E-state index contributed by atoms with van der Waals surface area (Å²) in [5.41, 5.74) is 0.561. The van der Waals surface area contributed by atoms with Gasteiger partial charge in [0.25, 0.3) is 0 Å². The fourth-order valence-corrected chi connectivity index (χ4v) is 2.04. The second-order valence-corrected chi connectivity index (χ2v) is 4.39. The Hall–Kier alpha value is -1.39. The van der Waals surface area contributed by atoms with Crippen molar-refractivity contribution in [3.05, 3.63) is 35.9 Å². The number of benzene rings is 1. The molecule has 4 nitrogen and oxygen atoms in total. The molecule has 1 aromatic rings. The predicted octanol–water partition coefficient (Wildman–Crippen LogP) is 2.38. The molecule has 2 rings (SSSR count). The molecule has 1 aliphatic heterocycles. The van der Waals surface area contributed by atoms with Gasteiger partial charge in [0.05, 0.1) is 11.7 Å². The van der Waals surface area contributed by atoms with Crippen LogP contribution in [-0.2, 0) is 14.2 Å². The summed E-state index contributed by atoms with van der Waals surface area (Å²) < 4.78 is 16.1. The number of ether oxygens (including phenoxy) is 3. The van der Waals surface area contributed by atoms with Crippen LogP contribution < -0.4 is 0 Å². The summed E-state index contributed by atoms with van der Waals surface area (Å²) in [6, 6.07) is 8.97. The standard InChI is InChI=1S/C14H18O4/c1-10(12-8-9-13(16-2)18-12)17-14(15)11-6-4-3-5-7-11/h3-7,10,12-13H,8-9H2,1-2H3/t10?,12-,13?/m0/s1. The fourth-order valence-electron chi connectivity index (χ4n) is 2.04. The van der Waals surface area contributed by atoms with Crippen LogP contribution in [0.2, 0.25) is 0 Å². The molecule has 1 heterocycles. The van der Waals surface area contributed by atoms with E-state index in [0.717, 1.165) is 12.8 Å². The van der Waals surface area contributed by atoms with Gasteiger partial charge in [0.15, 0.2) is 6.29 Å². The molecule has 1 aromatic carbocycles. The molecular weight excluding hydrogens is 232 g/mol. The number of hydrogen-bond donors (Lipinski definition) is 0. The van der Waals surface area contributed by atoms with Crippen LogP contribution in [0.1, 0.15) is 30.1 Å². The Balaban J connectivity index is 1.88. The van der Waals surface area contributed by atoms with Crippen LogP contribution in [0.5, 0.6) is 0 Å². The first kappa shape index (κ1) is 13.1. The number of esters is 1. The lowest BCUT2D eigenvalue weighted by Gasteiger charge is -2.20. The van der Waals surface area contributed by atoms with Gasteiger partial charge in [-0.05, 0) is 25.5 Å². The quantitative estimate of drug-likeness (QED) is 0.770. The molecule has 1 saturated heterocycles. The minimum absolute atomic E-state index is 0.0809. The first-order valence-electron chi connectivity index (χ1n) is 6.15. The Morgan fingerprint density at radius 1 is 1.33 bits per heavy atom. The summed E-state index contributed by atoms with van der Waals surface area (Å²) in [4.78, 5) is 11.9. The fraction of sp³-hybridized carbons (Fsp3) is 0.500. The summed E-state index contributed by atoms with van der Waals surface area (Å²) in [6.45, 7) is 1.85. The molecular formula is C14H18O4. The Kier molecular flexibility index (Phi) is 4.33. The number of hydrogen-bond acceptors (Lipinski definition) is 4. The van der Waals surface area contributed by atoms with Crippen LogP contribution in [-0.4, -0.2) is 31.6 Å². The summed E-state index contributed by atoms with van der Waals surface area (Å²) in [6.07, 6.45) is 1.17. The molecule has 0 bridgehead atoms. The van der Waals surface area contributed by atoms with Crippen LogP contribution >= 0.6 is 0 Å². The normalized spacial score (nSPS) is 24.8. The second-order valence-electron chi connectivity index (χ2n) is 4.39.